The number of hydrogen-bond acceptors (Lipinski definition) is 2. The van der Waals surface area contributed by atoms with Crippen molar-refractivity contribution in [2.45, 2.75) is 31.4 Å². The van der Waals surface area contributed by atoms with Crippen molar-refractivity contribution in [3.8, 4) is 0 Å². The van der Waals surface area contributed by atoms with Crippen molar-refractivity contribution in [1.82, 2.24) is 4.57 Å². The molecule has 3 heteroatoms. The molecule has 0 aliphatic heterocycles. The van der Waals surface area contributed by atoms with E-state index in [1.807, 2.05) is 11.8 Å². The Morgan fingerprint density at radius 2 is 2.12 bits per heavy atom. The molecule has 0 amide bonds. The van der Waals surface area contributed by atoms with Crippen molar-refractivity contribution in [3.05, 3.63) is 35.5 Å². The van der Waals surface area contributed by atoms with Gasteiger partial charge in [-0.3, -0.25) is 0 Å². The summed E-state index contributed by atoms with van der Waals surface area (Å²) in [4.78, 5) is 0. The molecule has 0 radical (unpaired) electrons. The van der Waals surface area contributed by atoms with Crippen molar-refractivity contribution >= 4 is 22.7 Å². The van der Waals surface area contributed by atoms with Gasteiger partial charge in [0, 0.05) is 30.4 Å². The van der Waals surface area contributed by atoms with Crippen LogP contribution in [-0.2, 0) is 19.3 Å². The molecule has 1 aromatic heterocycles. The summed E-state index contributed by atoms with van der Waals surface area (Å²) in [7, 11) is 2.14. The molecule has 17 heavy (non-hydrogen) atoms. The third-order valence-electron chi connectivity index (χ3n) is 3.02. The highest BCUT2D eigenvalue weighted by Gasteiger charge is 2.09. The standard InChI is InChI=1S/C14H20N2S/c1-10(2)17-9-13-7-11-5-4-6-12(8-15)14(11)16(13)3/h4-7,10H,8-9,15H2,1-3H3. The summed E-state index contributed by atoms with van der Waals surface area (Å²) in [6.45, 7) is 5.07. The second-order valence-corrected chi connectivity index (χ2v) is 6.18. The Bertz CT molecular complexity index is 514. The topological polar surface area (TPSA) is 30.9 Å². The Hall–Kier alpha value is -0.930. The molecule has 2 rings (SSSR count). The SMILES string of the molecule is CC(C)SCc1cc2cccc(CN)c2n1C. The number of thioether (sulfide) groups is 1. The molecule has 1 aromatic carbocycles. The summed E-state index contributed by atoms with van der Waals surface area (Å²) in [5, 5.41) is 1.97. The summed E-state index contributed by atoms with van der Waals surface area (Å²) in [6, 6.07) is 8.65. The highest BCUT2D eigenvalue weighted by Crippen LogP contribution is 2.26. The zero-order valence-corrected chi connectivity index (χ0v) is 11.6. The second kappa shape index (κ2) is 5.15. The molecule has 0 saturated carbocycles. The van der Waals surface area contributed by atoms with Gasteiger partial charge in [-0.1, -0.05) is 32.0 Å². The molecule has 0 aliphatic rings. The third kappa shape index (κ3) is 2.50. The zero-order chi connectivity index (χ0) is 12.4. The number of aromatic nitrogens is 1. The summed E-state index contributed by atoms with van der Waals surface area (Å²) in [5.74, 6) is 1.06. The number of benzene rings is 1. The molecule has 0 bridgehead atoms. The highest BCUT2D eigenvalue weighted by atomic mass is 32.2. The van der Waals surface area contributed by atoms with Gasteiger partial charge >= 0.3 is 0 Å². The van der Waals surface area contributed by atoms with Gasteiger partial charge in [-0.05, 0) is 16.9 Å². The normalized spacial score (nSPS) is 11.6. The summed E-state index contributed by atoms with van der Waals surface area (Å²) in [5.41, 5.74) is 9.69. The minimum atomic E-state index is 0.603. The van der Waals surface area contributed by atoms with Crippen LogP contribution >= 0.6 is 11.8 Å². The highest BCUT2D eigenvalue weighted by molar-refractivity contribution is 7.99. The first-order valence-electron chi connectivity index (χ1n) is 6.01. The first kappa shape index (κ1) is 12.5. The number of rotatable bonds is 4. The fourth-order valence-electron chi connectivity index (χ4n) is 2.11. The molecule has 0 saturated heterocycles. The van der Waals surface area contributed by atoms with Gasteiger partial charge in [0.15, 0.2) is 0 Å². The molecule has 2 N–H and O–H groups in total. The van der Waals surface area contributed by atoms with Gasteiger partial charge in [0.25, 0.3) is 0 Å². The molecule has 92 valence electrons. The van der Waals surface area contributed by atoms with Crippen LogP contribution in [0.25, 0.3) is 10.9 Å². The van der Waals surface area contributed by atoms with Crippen molar-refractivity contribution < 1.29 is 0 Å². The third-order valence-corrected chi connectivity index (χ3v) is 4.15. The summed E-state index contributed by atoms with van der Waals surface area (Å²) in [6.07, 6.45) is 0. The Balaban J connectivity index is 2.42. The Morgan fingerprint density at radius 3 is 2.76 bits per heavy atom. The van der Waals surface area contributed by atoms with E-state index in [0.717, 1.165) is 5.75 Å². The molecule has 2 nitrogen and oxygen atoms in total. The number of para-hydroxylation sites is 1. The number of nitrogens with zero attached hydrogens (tertiary/aromatic N) is 1. The maximum atomic E-state index is 5.80. The van der Waals surface area contributed by atoms with E-state index in [1.54, 1.807) is 0 Å². The Kier molecular flexibility index (Phi) is 3.79. The number of fused-ring (bicyclic) bond motifs is 1. The van der Waals surface area contributed by atoms with Crippen molar-refractivity contribution in [1.29, 1.82) is 0 Å². The van der Waals surface area contributed by atoms with Crippen LogP contribution in [0, 0.1) is 0 Å². The predicted molar refractivity (Wildman–Crippen MR) is 77.2 cm³/mol. The van der Waals surface area contributed by atoms with Crippen LogP contribution in [0.3, 0.4) is 0 Å². The van der Waals surface area contributed by atoms with Crippen molar-refractivity contribution in [3.63, 3.8) is 0 Å². The molecule has 0 aliphatic carbocycles. The monoisotopic (exact) mass is 248 g/mol. The van der Waals surface area contributed by atoms with Crippen LogP contribution in [0.4, 0.5) is 0 Å². The maximum absolute atomic E-state index is 5.80. The van der Waals surface area contributed by atoms with E-state index in [0.29, 0.717) is 11.8 Å². The van der Waals surface area contributed by atoms with Gasteiger partial charge in [-0.15, -0.1) is 0 Å². The van der Waals surface area contributed by atoms with Gasteiger partial charge in [-0.2, -0.15) is 11.8 Å². The largest absolute Gasteiger partial charge is 0.347 e. The van der Waals surface area contributed by atoms with E-state index >= 15 is 0 Å². The second-order valence-electron chi connectivity index (χ2n) is 4.61. The van der Waals surface area contributed by atoms with Crippen LogP contribution in [-0.4, -0.2) is 9.82 Å². The van der Waals surface area contributed by atoms with Gasteiger partial charge in [-0.25, -0.2) is 0 Å². The number of hydrogen-bond donors (Lipinski definition) is 1. The Morgan fingerprint density at radius 1 is 1.35 bits per heavy atom. The molecule has 0 spiro atoms. The van der Waals surface area contributed by atoms with Crippen LogP contribution in [0.15, 0.2) is 24.3 Å². The Labute approximate surface area is 107 Å². The van der Waals surface area contributed by atoms with Crippen LogP contribution in [0.1, 0.15) is 25.1 Å². The van der Waals surface area contributed by atoms with Crippen molar-refractivity contribution in [2.75, 3.05) is 0 Å². The molecular weight excluding hydrogens is 228 g/mol. The lowest BCUT2D eigenvalue weighted by Crippen LogP contribution is -2.02. The van der Waals surface area contributed by atoms with E-state index in [1.165, 1.54) is 22.2 Å². The molecule has 2 aromatic rings. The van der Waals surface area contributed by atoms with Gasteiger partial charge in [0.1, 0.15) is 0 Å². The number of aryl methyl sites for hydroxylation is 1. The van der Waals surface area contributed by atoms with Gasteiger partial charge in [0.05, 0.1) is 5.52 Å². The van der Waals surface area contributed by atoms with Gasteiger partial charge in [0.2, 0.25) is 0 Å². The lowest BCUT2D eigenvalue weighted by molar-refractivity contribution is 0.896. The quantitative estimate of drug-likeness (QED) is 0.900. The molecule has 0 atom stereocenters. The van der Waals surface area contributed by atoms with Crippen LogP contribution in [0.5, 0.6) is 0 Å². The van der Waals surface area contributed by atoms with E-state index in [9.17, 15) is 0 Å². The molecule has 0 unspecified atom stereocenters. The zero-order valence-electron chi connectivity index (χ0n) is 10.7. The molecular formula is C14H20N2S. The van der Waals surface area contributed by atoms with Crippen molar-refractivity contribution in [2.24, 2.45) is 12.8 Å². The maximum Gasteiger partial charge on any atom is 0.0525 e. The van der Waals surface area contributed by atoms with E-state index < -0.39 is 0 Å². The minimum Gasteiger partial charge on any atom is -0.347 e. The van der Waals surface area contributed by atoms with E-state index in [2.05, 4.69) is 49.7 Å². The first-order valence-corrected chi connectivity index (χ1v) is 7.06. The minimum absolute atomic E-state index is 0.603. The van der Waals surface area contributed by atoms with E-state index in [4.69, 9.17) is 5.73 Å². The smallest absolute Gasteiger partial charge is 0.0525 e. The first-order chi connectivity index (χ1) is 8.13. The lowest BCUT2D eigenvalue weighted by Gasteiger charge is -2.08. The van der Waals surface area contributed by atoms with Crippen LogP contribution < -0.4 is 5.73 Å². The summed E-state index contributed by atoms with van der Waals surface area (Å²) < 4.78 is 2.28. The summed E-state index contributed by atoms with van der Waals surface area (Å²) >= 11 is 1.98. The van der Waals surface area contributed by atoms with E-state index in [-0.39, 0.29) is 0 Å². The average Bonchev–Trinajstić information content (AvgIpc) is 2.64. The fourth-order valence-corrected chi connectivity index (χ4v) is 2.89. The average molecular weight is 248 g/mol. The fraction of sp³-hybridized carbons (Fsp3) is 0.429. The molecule has 0 fully saturated rings. The lowest BCUT2D eigenvalue weighted by atomic mass is 10.1. The van der Waals surface area contributed by atoms with Crippen LogP contribution in [0.2, 0.25) is 0 Å². The number of nitrogens with two attached hydrogens (primary N) is 1. The molecule has 1 heterocycles. The van der Waals surface area contributed by atoms with Gasteiger partial charge < -0.3 is 10.3 Å². The predicted octanol–water partition coefficient (Wildman–Crippen LogP) is 3.28.